The predicted molar refractivity (Wildman–Crippen MR) is 113 cm³/mol. The van der Waals surface area contributed by atoms with Crippen molar-refractivity contribution >= 4 is 11.7 Å². The number of urea groups is 1. The fourth-order valence-electron chi connectivity index (χ4n) is 3.42. The molecule has 2 amide bonds. The summed E-state index contributed by atoms with van der Waals surface area (Å²) in [7, 11) is 3.82. The Bertz CT molecular complexity index is 753. The molecule has 2 N–H and O–H groups in total. The molecule has 1 aliphatic heterocycles. The molecule has 2 aromatic rings. The molecule has 3 rings (SSSR count). The molecule has 0 aromatic heterocycles. The minimum atomic E-state index is -0.184. The van der Waals surface area contributed by atoms with Crippen LogP contribution >= 0.6 is 0 Å². The normalized spacial score (nSPS) is 16.4. The van der Waals surface area contributed by atoms with Gasteiger partial charge in [0.1, 0.15) is 5.75 Å². The van der Waals surface area contributed by atoms with Gasteiger partial charge in [-0.05, 0) is 43.8 Å². The van der Waals surface area contributed by atoms with Crippen LogP contribution in [-0.2, 0) is 0 Å². The van der Waals surface area contributed by atoms with E-state index in [4.69, 9.17) is 4.74 Å². The number of rotatable bonds is 6. The lowest BCUT2D eigenvalue weighted by atomic mass is 10.0. The van der Waals surface area contributed by atoms with Crippen molar-refractivity contribution in [2.75, 3.05) is 52.2 Å². The van der Waals surface area contributed by atoms with Crippen molar-refractivity contribution in [2.24, 2.45) is 0 Å². The molecule has 0 spiro atoms. The smallest absolute Gasteiger partial charge is 0.319 e. The largest absolute Gasteiger partial charge is 0.497 e. The summed E-state index contributed by atoms with van der Waals surface area (Å²) in [5, 5.41) is 5.95. The van der Waals surface area contributed by atoms with Gasteiger partial charge in [-0.15, -0.1) is 0 Å². The lowest BCUT2D eigenvalue weighted by molar-refractivity contribution is 0.111. The highest BCUT2D eigenvalue weighted by Gasteiger charge is 2.24. The molecular weight excluding hydrogens is 352 g/mol. The standard InChI is InChI=1S/C22H30N4O2/c1-17-4-8-19(9-5-17)24-22(27)23-16-21(26-14-12-25(2)13-15-26)18-6-10-20(28-3)11-7-18/h4-11,21H,12-16H2,1-3H3,(H2,23,24,27). The molecule has 0 radical (unpaired) electrons. The monoisotopic (exact) mass is 382 g/mol. The molecule has 2 aromatic carbocycles. The van der Waals surface area contributed by atoms with E-state index >= 15 is 0 Å². The lowest BCUT2D eigenvalue weighted by Gasteiger charge is -2.38. The van der Waals surface area contributed by atoms with E-state index in [0.29, 0.717) is 6.54 Å². The first-order valence-electron chi connectivity index (χ1n) is 9.73. The molecule has 1 unspecified atom stereocenters. The molecule has 1 saturated heterocycles. The number of carbonyl (C=O) groups excluding carboxylic acids is 1. The van der Waals surface area contributed by atoms with Gasteiger partial charge in [0.05, 0.1) is 13.2 Å². The van der Waals surface area contributed by atoms with Gasteiger partial charge in [-0.25, -0.2) is 4.79 Å². The van der Waals surface area contributed by atoms with E-state index in [0.717, 1.165) is 37.6 Å². The number of methoxy groups -OCH3 is 1. The Morgan fingerprint density at radius 3 is 2.29 bits per heavy atom. The Morgan fingerprint density at radius 2 is 1.68 bits per heavy atom. The molecule has 0 bridgehead atoms. The number of ether oxygens (including phenoxy) is 1. The van der Waals surface area contributed by atoms with Crippen LogP contribution in [0.15, 0.2) is 48.5 Å². The Labute approximate surface area is 167 Å². The van der Waals surface area contributed by atoms with Crippen LogP contribution in [0.3, 0.4) is 0 Å². The van der Waals surface area contributed by atoms with E-state index in [9.17, 15) is 4.79 Å². The highest BCUT2D eigenvalue weighted by atomic mass is 16.5. The molecule has 0 saturated carbocycles. The first-order chi connectivity index (χ1) is 13.5. The Balaban J connectivity index is 1.65. The number of carbonyl (C=O) groups is 1. The highest BCUT2D eigenvalue weighted by Crippen LogP contribution is 2.24. The molecule has 1 heterocycles. The van der Waals surface area contributed by atoms with Crippen LogP contribution in [0.4, 0.5) is 10.5 Å². The number of amides is 2. The van der Waals surface area contributed by atoms with E-state index in [-0.39, 0.29) is 12.1 Å². The minimum absolute atomic E-state index is 0.128. The maximum atomic E-state index is 12.4. The van der Waals surface area contributed by atoms with Gasteiger partial charge >= 0.3 is 6.03 Å². The van der Waals surface area contributed by atoms with E-state index in [1.54, 1.807) is 7.11 Å². The molecular formula is C22H30N4O2. The number of nitrogens with zero attached hydrogens (tertiary/aromatic N) is 2. The van der Waals surface area contributed by atoms with Crippen molar-refractivity contribution in [2.45, 2.75) is 13.0 Å². The third-order valence-corrected chi connectivity index (χ3v) is 5.24. The molecule has 1 atom stereocenters. The van der Waals surface area contributed by atoms with E-state index in [1.807, 2.05) is 43.3 Å². The minimum Gasteiger partial charge on any atom is -0.497 e. The van der Waals surface area contributed by atoms with Crippen LogP contribution in [0, 0.1) is 6.92 Å². The average molecular weight is 383 g/mol. The van der Waals surface area contributed by atoms with Gasteiger partial charge in [-0.3, -0.25) is 4.90 Å². The van der Waals surface area contributed by atoms with Crippen LogP contribution < -0.4 is 15.4 Å². The zero-order valence-corrected chi connectivity index (χ0v) is 16.9. The van der Waals surface area contributed by atoms with Crippen LogP contribution in [0.25, 0.3) is 0 Å². The van der Waals surface area contributed by atoms with E-state index < -0.39 is 0 Å². The molecule has 0 aliphatic carbocycles. The second kappa shape index (κ2) is 9.57. The number of nitrogens with one attached hydrogen (secondary N) is 2. The van der Waals surface area contributed by atoms with Crippen molar-refractivity contribution < 1.29 is 9.53 Å². The second-order valence-corrected chi connectivity index (χ2v) is 7.33. The number of hydrogen-bond acceptors (Lipinski definition) is 4. The van der Waals surface area contributed by atoms with Crippen LogP contribution in [0.5, 0.6) is 5.75 Å². The summed E-state index contributed by atoms with van der Waals surface area (Å²) < 4.78 is 5.28. The fraction of sp³-hybridized carbons (Fsp3) is 0.409. The van der Waals surface area contributed by atoms with Crippen LogP contribution in [0.1, 0.15) is 17.2 Å². The number of likely N-dealkylation sites (N-methyl/N-ethyl adjacent to an activating group) is 1. The summed E-state index contributed by atoms with van der Waals surface area (Å²) >= 11 is 0. The zero-order chi connectivity index (χ0) is 19.9. The third kappa shape index (κ3) is 5.47. The molecule has 1 fully saturated rings. The highest BCUT2D eigenvalue weighted by molar-refractivity contribution is 5.89. The van der Waals surface area contributed by atoms with Gasteiger partial charge in [0.2, 0.25) is 0 Å². The van der Waals surface area contributed by atoms with Crippen molar-refractivity contribution in [3.63, 3.8) is 0 Å². The van der Waals surface area contributed by atoms with E-state index in [2.05, 4.69) is 39.6 Å². The fourth-order valence-corrected chi connectivity index (χ4v) is 3.42. The first kappa shape index (κ1) is 20.2. The van der Waals surface area contributed by atoms with Gasteiger partial charge < -0.3 is 20.3 Å². The van der Waals surface area contributed by atoms with Gasteiger partial charge in [-0.2, -0.15) is 0 Å². The molecule has 1 aliphatic rings. The summed E-state index contributed by atoms with van der Waals surface area (Å²) in [6, 6.07) is 15.9. The lowest BCUT2D eigenvalue weighted by Crippen LogP contribution is -2.48. The second-order valence-electron chi connectivity index (χ2n) is 7.33. The summed E-state index contributed by atoms with van der Waals surface area (Å²) in [6.45, 7) is 6.60. The Morgan fingerprint density at radius 1 is 1.04 bits per heavy atom. The quantitative estimate of drug-likeness (QED) is 0.806. The zero-order valence-electron chi connectivity index (χ0n) is 16.9. The van der Waals surface area contributed by atoms with Gasteiger partial charge in [0.15, 0.2) is 0 Å². The Hall–Kier alpha value is -2.57. The third-order valence-electron chi connectivity index (χ3n) is 5.24. The average Bonchev–Trinajstić information content (AvgIpc) is 2.71. The van der Waals surface area contributed by atoms with Gasteiger partial charge in [0.25, 0.3) is 0 Å². The Kier molecular flexibility index (Phi) is 6.90. The summed E-state index contributed by atoms with van der Waals surface area (Å²) in [5.41, 5.74) is 3.14. The topological polar surface area (TPSA) is 56.8 Å². The van der Waals surface area contributed by atoms with Crippen molar-refractivity contribution in [1.29, 1.82) is 0 Å². The van der Waals surface area contributed by atoms with Gasteiger partial charge in [-0.1, -0.05) is 29.8 Å². The first-order valence-corrected chi connectivity index (χ1v) is 9.73. The van der Waals surface area contributed by atoms with Crippen LogP contribution in [-0.4, -0.2) is 62.7 Å². The van der Waals surface area contributed by atoms with Crippen LogP contribution in [0.2, 0.25) is 0 Å². The molecule has 28 heavy (non-hydrogen) atoms. The summed E-state index contributed by atoms with van der Waals surface area (Å²) in [5.74, 6) is 0.839. The molecule has 150 valence electrons. The maximum absolute atomic E-state index is 12.4. The van der Waals surface area contributed by atoms with Gasteiger partial charge in [0, 0.05) is 38.4 Å². The summed E-state index contributed by atoms with van der Waals surface area (Å²) in [6.07, 6.45) is 0. The number of piperazine rings is 1. The van der Waals surface area contributed by atoms with Crippen molar-refractivity contribution in [3.05, 3.63) is 59.7 Å². The number of hydrogen-bond donors (Lipinski definition) is 2. The molecule has 6 nitrogen and oxygen atoms in total. The van der Waals surface area contributed by atoms with Crippen molar-refractivity contribution in [3.8, 4) is 5.75 Å². The molecule has 6 heteroatoms. The number of benzene rings is 2. The number of anilines is 1. The number of aryl methyl sites for hydroxylation is 1. The summed E-state index contributed by atoms with van der Waals surface area (Å²) in [4.78, 5) is 17.2. The predicted octanol–water partition coefficient (Wildman–Crippen LogP) is 3.11. The maximum Gasteiger partial charge on any atom is 0.319 e. The van der Waals surface area contributed by atoms with Crippen molar-refractivity contribution in [1.82, 2.24) is 15.1 Å². The van der Waals surface area contributed by atoms with E-state index in [1.165, 1.54) is 11.1 Å². The SMILES string of the molecule is COc1ccc(C(CNC(=O)Nc2ccc(C)cc2)N2CCN(C)CC2)cc1.